The molecular weight excluding hydrogens is 350 g/mol. The summed E-state index contributed by atoms with van der Waals surface area (Å²) in [5, 5.41) is 9.30. The van der Waals surface area contributed by atoms with Crippen molar-refractivity contribution >= 4 is 5.97 Å². The van der Waals surface area contributed by atoms with Gasteiger partial charge in [-0.15, -0.1) is 0 Å². The van der Waals surface area contributed by atoms with Crippen LogP contribution in [0.5, 0.6) is 0 Å². The molecule has 1 saturated heterocycles. The van der Waals surface area contributed by atoms with E-state index < -0.39 is 5.97 Å². The number of rotatable bonds is 5. The van der Waals surface area contributed by atoms with E-state index in [1.54, 1.807) is 0 Å². The summed E-state index contributed by atoms with van der Waals surface area (Å²) in [5.41, 5.74) is 5.26. The monoisotopic (exact) mass is 379 g/mol. The van der Waals surface area contributed by atoms with Crippen molar-refractivity contribution in [1.29, 1.82) is 0 Å². The predicted molar refractivity (Wildman–Crippen MR) is 110 cm³/mol. The normalized spacial score (nSPS) is 24.8. The first kappa shape index (κ1) is 19.2. The van der Waals surface area contributed by atoms with E-state index in [2.05, 4.69) is 60.4 Å². The third-order valence-electron chi connectivity index (χ3n) is 6.22. The SMILES string of the molecule is CC1Cc2ccccc2C(OCCN2CCCC(C(=O)O)C2)c2ccccc21. The first-order valence-corrected chi connectivity index (χ1v) is 10.4. The van der Waals surface area contributed by atoms with Crippen molar-refractivity contribution in [3.05, 3.63) is 70.8 Å². The van der Waals surface area contributed by atoms with Crippen LogP contribution in [0, 0.1) is 5.92 Å². The maximum atomic E-state index is 11.3. The number of nitrogens with zero attached hydrogens (tertiary/aromatic N) is 1. The quantitative estimate of drug-likeness (QED) is 0.844. The number of carbonyl (C=O) groups is 1. The van der Waals surface area contributed by atoms with Gasteiger partial charge in [-0.05, 0) is 54.0 Å². The molecule has 148 valence electrons. The van der Waals surface area contributed by atoms with Crippen molar-refractivity contribution in [2.45, 2.75) is 38.2 Å². The summed E-state index contributed by atoms with van der Waals surface area (Å²) in [6.07, 6.45) is 2.70. The number of fused-ring (bicyclic) bond motifs is 2. The Morgan fingerprint density at radius 3 is 2.61 bits per heavy atom. The Bertz CT molecular complexity index is 834. The van der Waals surface area contributed by atoms with Crippen LogP contribution in [-0.2, 0) is 16.0 Å². The van der Waals surface area contributed by atoms with Gasteiger partial charge >= 0.3 is 5.97 Å². The Hall–Kier alpha value is -2.17. The zero-order valence-corrected chi connectivity index (χ0v) is 16.5. The summed E-state index contributed by atoms with van der Waals surface area (Å²) in [6, 6.07) is 17.2. The Morgan fingerprint density at radius 1 is 1.11 bits per heavy atom. The predicted octanol–water partition coefficient (Wildman–Crippen LogP) is 4.25. The molecule has 0 saturated carbocycles. The van der Waals surface area contributed by atoms with E-state index >= 15 is 0 Å². The topological polar surface area (TPSA) is 49.8 Å². The average molecular weight is 380 g/mol. The van der Waals surface area contributed by atoms with Crippen molar-refractivity contribution in [2.75, 3.05) is 26.2 Å². The van der Waals surface area contributed by atoms with Crippen LogP contribution in [0.15, 0.2) is 48.5 Å². The molecule has 2 aliphatic rings. The number of carboxylic acid groups (broad SMARTS) is 1. The summed E-state index contributed by atoms with van der Waals surface area (Å²) >= 11 is 0. The van der Waals surface area contributed by atoms with Crippen molar-refractivity contribution in [3.63, 3.8) is 0 Å². The lowest BCUT2D eigenvalue weighted by Crippen LogP contribution is -2.40. The van der Waals surface area contributed by atoms with Gasteiger partial charge in [-0.3, -0.25) is 4.79 Å². The van der Waals surface area contributed by atoms with E-state index in [4.69, 9.17) is 4.74 Å². The fourth-order valence-electron chi connectivity index (χ4n) is 4.72. The second kappa shape index (κ2) is 8.46. The van der Waals surface area contributed by atoms with Gasteiger partial charge in [-0.25, -0.2) is 0 Å². The first-order chi connectivity index (χ1) is 13.6. The maximum absolute atomic E-state index is 11.3. The van der Waals surface area contributed by atoms with E-state index in [1.807, 2.05) is 0 Å². The Kier molecular flexibility index (Phi) is 5.79. The molecule has 0 amide bonds. The third-order valence-corrected chi connectivity index (χ3v) is 6.22. The zero-order valence-electron chi connectivity index (χ0n) is 16.5. The van der Waals surface area contributed by atoms with E-state index in [0.29, 0.717) is 19.1 Å². The molecule has 1 aliphatic carbocycles. The number of ether oxygens (including phenoxy) is 1. The van der Waals surface area contributed by atoms with Crippen molar-refractivity contribution in [1.82, 2.24) is 4.90 Å². The van der Waals surface area contributed by atoms with Crippen molar-refractivity contribution in [2.24, 2.45) is 5.92 Å². The molecule has 1 fully saturated rings. The molecule has 1 heterocycles. The molecule has 4 heteroatoms. The lowest BCUT2D eigenvalue weighted by Gasteiger charge is -2.31. The molecule has 2 aromatic carbocycles. The lowest BCUT2D eigenvalue weighted by atomic mass is 9.93. The second-order valence-electron chi connectivity index (χ2n) is 8.16. The van der Waals surface area contributed by atoms with Gasteiger partial charge in [0.25, 0.3) is 0 Å². The Labute approximate surface area is 167 Å². The highest BCUT2D eigenvalue weighted by molar-refractivity contribution is 5.70. The highest BCUT2D eigenvalue weighted by atomic mass is 16.5. The van der Waals surface area contributed by atoms with Crippen LogP contribution in [-0.4, -0.2) is 42.2 Å². The van der Waals surface area contributed by atoms with E-state index in [0.717, 1.165) is 32.4 Å². The van der Waals surface area contributed by atoms with Gasteiger partial charge < -0.3 is 14.7 Å². The van der Waals surface area contributed by atoms with Crippen LogP contribution in [0.4, 0.5) is 0 Å². The maximum Gasteiger partial charge on any atom is 0.307 e. The van der Waals surface area contributed by atoms with Crippen LogP contribution in [0.2, 0.25) is 0 Å². The van der Waals surface area contributed by atoms with E-state index in [9.17, 15) is 9.90 Å². The summed E-state index contributed by atoms with van der Waals surface area (Å²) in [6.45, 7) is 5.27. The molecule has 3 atom stereocenters. The van der Waals surface area contributed by atoms with Gasteiger partial charge in [0.2, 0.25) is 0 Å². The molecule has 4 nitrogen and oxygen atoms in total. The largest absolute Gasteiger partial charge is 0.481 e. The van der Waals surface area contributed by atoms with Crippen LogP contribution >= 0.6 is 0 Å². The molecular formula is C24H29NO3. The number of hydrogen-bond acceptors (Lipinski definition) is 3. The summed E-state index contributed by atoms with van der Waals surface area (Å²) in [7, 11) is 0. The zero-order chi connectivity index (χ0) is 19.5. The number of benzene rings is 2. The van der Waals surface area contributed by atoms with Gasteiger partial charge in [-0.1, -0.05) is 55.5 Å². The lowest BCUT2D eigenvalue weighted by molar-refractivity contribution is -0.143. The summed E-state index contributed by atoms with van der Waals surface area (Å²) in [4.78, 5) is 13.5. The van der Waals surface area contributed by atoms with Crippen LogP contribution in [0.1, 0.15) is 54.0 Å². The minimum atomic E-state index is -0.675. The molecule has 28 heavy (non-hydrogen) atoms. The van der Waals surface area contributed by atoms with Crippen LogP contribution in [0.25, 0.3) is 0 Å². The fourth-order valence-corrected chi connectivity index (χ4v) is 4.72. The van der Waals surface area contributed by atoms with Gasteiger partial charge in [0.05, 0.1) is 12.5 Å². The third kappa shape index (κ3) is 3.98. The smallest absolute Gasteiger partial charge is 0.307 e. The number of piperidine rings is 1. The van der Waals surface area contributed by atoms with Gasteiger partial charge in [-0.2, -0.15) is 0 Å². The van der Waals surface area contributed by atoms with Crippen molar-refractivity contribution < 1.29 is 14.6 Å². The van der Waals surface area contributed by atoms with E-state index in [-0.39, 0.29) is 12.0 Å². The summed E-state index contributed by atoms with van der Waals surface area (Å²) < 4.78 is 6.47. The average Bonchev–Trinajstić information content (AvgIpc) is 2.83. The van der Waals surface area contributed by atoms with E-state index in [1.165, 1.54) is 22.3 Å². The molecule has 0 aromatic heterocycles. The number of carboxylic acids is 1. The van der Waals surface area contributed by atoms with Gasteiger partial charge in [0.1, 0.15) is 6.10 Å². The molecule has 1 N–H and O–H groups in total. The molecule has 2 aromatic rings. The minimum Gasteiger partial charge on any atom is -0.481 e. The highest BCUT2D eigenvalue weighted by Gasteiger charge is 2.28. The van der Waals surface area contributed by atoms with Crippen LogP contribution in [0.3, 0.4) is 0 Å². The highest BCUT2D eigenvalue weighted by Crippen LogP contribution is 2.39. The molecule has 4 rings (SSSR count). The van der Waals surface area contributed by atoms with Gasteiger partial charge in [0, 0.05) is 13.1 Å². The molecule has 0 bridgehead atoms. The minimum absolute atomic E-state index is 0.0580. The summed E-state index contributed by atoms with van der Waals surface area (Å²) in [5.74, 6) is -0.454. The fraction of sp³-hybridized carbons (Fsp3) is 0.458. The Morgan fingerprint density at radius 2 is 1.82 bits per heavy atom. The molecule has 3 unspecified atom stereocenters. The molecule has 0 radical (unpaired) electrons. The number of aliphatic carboxylic acids is 1. The molecule has 0 spiro atoms. The molecule has 1 aliphatic heterocycles. The Balaban J connectivity index is 1.51. The number of likely N-dealkylation sites (tertiary alicyclic amines) is 1. The van der Waals surface area contributed by atoms with Crippen LogP contribution < -0.4 is 0 Å². The standard InChI is InChI=1S/C24H29NO3/c1-17-15-18-7-2-3-10-21(18)23(22-11-5-4-9-20(17)22)28-14-13-25-12-6-8-19(16-25)24(26)27/h2-5,7,9-11,17,19,23H,6,8,12-16H2,1H3,(H,26,27). The van der Waals surface area contributed by atoms with Crippen molar-refractivity contribution in [3.8, 4) is 0 Å². The van der Waals surface area contributed by atoms with Gasteiger partial charge in [0.15, 0.2) is 0 Å². The number of hydrogen-bond donors (Lipinski definition) is 1. The first-order valence-electron chi connectivity index (χ1n) is 10.4. The second-order valence-corrected chi connectivity index (χ2v) is 8.16.